The molecule has 46 heavy (non-hydrogen) atoms. The number of ether oxygens (including phenoxy) is 2. The molecule has 0 unspecified atom stereocenters. The lowest BCUT2D eigenvalue weighted by Crippen LogP contribution is -2.49. The molecule has 242 valence electrons. The predicted octanol–water partition coefficient (Wildman–Crippen LogP) is 5.52. The molecule has 5 rings (SSSR count). The van der Waals surface area contributed by atoms with Crippen molar-refractivity contribution in [1.29, 1.82) is 0 Å². The highest BCUT2D eigenvalue weighted by molar-refractivity contribution is 7.92. The van der Waals surface area contributed by atoms with E-state index >= 15 is 0 Å². The molecule has 10 heteroatoms. The van der Waals surface area contributed by atoms with E-state index in [2.05, 4.69) is 46.0 Å². The largest absolute Gasteiger partial charge is 0.497 e. The van der Waals surface area contributed by atoms with E-state index in [4.69, 9.17) is 9.47 Å². The van der Waals surface area contributed by atoms with Crippen molar-refractivity contribution in [2.24, 2.45) is 5.92 Å². The standard InChI is InChI=1S/C36H41N3O6S/c1-25-21-39(26(2)24-40)36(41)33-20-30(37-46(42,43)32-17-15-31(44-4)16-18-32)14-19-34(33)45-35(25)23-38(3)22-27-10-12-29(13-11-27)28-8-6-5-7-9-28/h5-20,25-26,35,37,40H,21-24H2,1-4H3/t25-,26+,35+/m1/s1. The van der Waals surface area contributed by atoms with Gasteiger partial charge in [-0.15, -0.1) is 0 Å². The number of hydrogen-bond donors (Lipinski definition) is 2. The fraction of sp³-hybridized carbons (Fsp3) is 0.306. The van der Waals surface area contributed by atoms with Crippen molar-refractivity contribution in [3.8, 4) is 22.6 Å². The average molecular weight is 644 g/mol. The van der Waals surface area contributed by atoms with Gasteiger partial charge in [-0.2, -0.15) is 0 Å². The molecule has 0 radical (unpaired) electrons. The number of sulfonamides is 1. The van der Waals surface area contributed by atoms with Crippen molar-refractivity contribution >= 4 is 21.6 Å². The van der Waals surface area contributed by atoms with Crippen LogP contribution in [-0.2, 0) is 16.6 Å². The van der Waals surface area contributed by atoms with Crippen molar-refractivity contribution in [2.45, 2.75) is 37.4 Å². The predicted molar refractivity (Wildman–Crippen MR) is 180 cm³/mol. The third-order valence-electron chi connectivity index (χ3n) is 8.29. The molecule has 2 N–H and O–H groups in total. The summed E-state index contributed by atoms with van der Waals surface area (Å²) in [6.07, 6.45) is -0.282. The minimum atomic E-state index is -3.93. The van der Waals surface area contributed by atoms with Crippen LogP contribution in [0.1, 0.15) is 29.8 Å². The highest BCUT2D eigenvalue weighted by atomic mass is 32.2. The molecule has 0 aliphatic carbocycles. The van der Waals surface area contributed by atoms with Crippen LogP contribution in [0.2, 0.25) is 0 Å². The molecule has 4 aromatic rings. The van der Waals surface area contributed by atoms with E-state index in [1.165, 1.54) is 36.4 Å². The molecule has 1 aliphatic rings. The van der Waals surface area contributed by atoms with Gasteiger partial charge in [0.2, 0.25) is 0 Å². The SMILES string of the molecule is COc1ccc(S(=O)(=O)Nc2ccc3c(c2)C(=O)N([C@@H](C)CO)C[C@@H](C)[C@H](CN(C)Cc2ccc(-c4ccccc4)cc2)O3)cc1. The van der Waals surface area contributed by atoms with Crippen LogP contribution >= 0.6 is 0 Å². The lowest BCUT2D eigenvalue weighted by Gasteiger charge is -2.38. The second-order valence-electron chi connectivity index (χ2n) is 11.9. The number of amides is 1. The van der Waals surface area contributed by atoms with Crippen LogP contribution in [-0.4, -0.2) is 75.2 Å². The molecular formula is C36H41N3O6S. The topological polar surface area (TPSA) is 108 Å². The zero-order valence-corrected chi connectivity index (χ0v) is 27.4. The van der Waals surface area contributed by atoms with Crippen molar-refractivity contribution < 1.29 is 27.8 Å². The van der Waals surface area contributed by atoms with E-state index in [1.807, 2.05) is 32.2 Å². The first-order valence-corrected chi connectivity index (χ1v) is 16.8. The number of methoxy groups -OCH3 is 1. The Morgan fingerprint density at radius 2 is 1.67 bits per heavy atom. The van der Waals surface area contributed by atoms with Crippen molar-refractivity contribution in [3.63, 3.8) is 0 Å². The number of fused-ring (bicyclic) bond motifs is 1. The monoisotopic (exact) mass is 643 g/mol. The number of rotatable bonds is 11. The lowest BCUT2D eigenvalue weighted by atomic mass is 9.99. The summed E-state index contributed by atoms with van der Waals surface area (Å²) in [7, 11) is -0.388. The zero-order valence-electron chi connectivity index (χ0n) is 26.6. The van der Waals surface area contributed by atoms with Gasteiger partial charge in [-0.3, -0.25) is 14.4 Å². The number of carbonyl (C=O) groups excluding carboxylic acids is 1. The van der Waals surface area contributed by atoms with Gasteiger partial charge in [-0.25, -0.2) is 8.42 Å². The highest BCUT2D eigenvalue weighted by Crippen LogP contribution is 2.32. The van der Waals surface area contributed by atoms with E-state index in [-0.39, 0.29) is 40.7 Å². The number of nitrogens with zero attached hydrogens (tertiary/aromatic N) is 2. The first-order chi connectivity index (χ1) is 22.1. The number of carbonyl (C=O) groups is 1. The maximum atomic E-state index is 13.8. The summed E-state index contributed by atoms with van der Waals surface area (Å²) in [5, 5.41) is 10.0. The molecule has 4 aromatic carbocycles. The Hall–Kier alpha value is -4.38. The Balaban J connectivity index is 1.36. The molecule has 0 saturated carbocycles. The van der Waals surface area contributed by atoms with Gasteiger partial charge in [0.15, 0.2) is 0 Å². The molecule has 0 spiro atoms. The second kappa shape index (κ2) is 14.4. The number of aliphatic hydroxyl groups excluding tert-OH is 1. The maximum Gasteiger partial charge on any atom is 0.261 e. The maximum absolute atomic E-state index is 13.8. The number of hydrogen-bond acceptors (Lipinski definition) is 7. The Labute approximate surface area is 271 Å². The van der Waals surface area contributed by atoms with Gasteiger partial charge < -0.3 is 19.5 Å². The number of aliphatic hydroxyl groups is 1. The van der Waals surface area contributed by atoms with Crippen molar-refractivity contribution in [3.05, 3.63) is 108 Å². The van der Waals surface area contributed by atoms with Crippen LogP contribution in [0, 0.1) is 5.92 Å². The second-order valence-corrected chi connectivity index (χ2v) is 13.6. The minimum absolute atomic E-state index is 0.0535. The van der Waals surface area contributed by atoms with E-state index < -0.39 is 16.1 Å². The molecule has 0 aromatic heterocycles. The van der Waals surface area contributed by atoms with E-state index in [9.17, 15) is 18.3 Å². The molecule has 1 heterocycles. The Kier molecular flexibility index (Phi) is 10.3. The first kappa shape index (κ1) is 33.0. The van der Waals surface area contributed by atoms with Gasteiger partial charge in [0.05, 0.1) is 30.2 Å². The Morgan fingerprint density at radius 3 is 2.33 bits per heavy atom. The summed E-state index contributed by atoms with van der Waals surface area (Å²) in [4.78, 5) is 17.7. The molecule has 1 amide bonds. The summed E-state index contributed by atoms with van der Waals surface area (Å²) in [5.41, 5.74) is 3.95. The molecule has 9 nitrogen and oxygen atoms in total. The summed E-state index contributed by atoms with van der Waals surface area (Å²) in [5.74, 6) is 0.516. The van der Waals surface area contributed by atoms with Gasteiger partial charge in [0.1, 0.15) is 17.6 Å². The summed E-state index contributed by atoms with van der Waals surface area (Å²) < 4.78 is 40.5. The van der Waals surface area contributed by atoms with E-state index in [0.29, 0.717) is 31.1 Å². The van der Waals surface area contributed by atoms with Gasteiger partial charge in [-0.05, 0) is 73.1 Å². The van der Waals surface area contributed by atoms with Gasteiger partial charge in [0, 0.05) is 31.2 Å². The van der Waals surface area contributed by atoms with Crippen LogP contribution < -0.4 is 14.2 Å². The summed E-state index contributed by atoms with van der Waals surface area (Å²) >= 11 is 0. The lowest BCUT2D eigenvalue weighted by molar-refractivity contribution is 0.0341. The minimum Gasteiger partial charge on any atom is -0.497 e. The van der Waals surface area contributed by atoms with Crippen molar-refractivity contribution in [1.82, 2.24) is 9.80 Å². The first-order valence-electron chi connectivity index (χ1n) is 15.3. The number of likely N-dealkylation sites (N-methyl/N-ethyl adjacent to an activating group) is 1. The van der Waals surface area contributed by atoms with Gasteiger partial charge in [-0.1, -0.05) is 61.5 Å². The van der Waals surface area contributed by atoms with E-state index in [1.54, 1.807) is 36.1 Å². The fourth-order valence-electron chi connectivity index (χ4n) is 5.59. The molecule has 3 atom stereocenters. The number of nitrogens with one attached hydrogen (secondary N) is 1. The smallest absolute Gasteiger partial charge is 0.261 e. The van der Waals surface area contributed by atoms with Crippen LogP contribution in [0.3, 0.4) is 0 Å². The molecular weight excluding hydrogens is 602 g/mol. The fourth-order valence-corrected chi connectivity index (χ4v) is 6.64. The summed E-state index contributed by atoms with van der Waals surface area (Å²) in [6.45, 7) is 5.29. The Bertz CT molecular complexity index is 1730. The number of anilines is 1. The highest BCUT2D eigenvalue weighted by Gasteiger charge is 2.34. The van der Waals surface area contributed by atoms with Gasteiger partial charge >= 0.3 is 0 Å². The average Bonchev–Trinajstić information content (AvgIpc) is 3.07. The molecule has 0 bridgehead atoms. The van der Waals surface area contributed by atoms with Crippen LogP contribution in [0.4, 0.5) is 5.69 Å². The Morgan fingerprint density at radius 1 is 1.00 bits per heavy atom. The van der Waals surface area contributed by atoms with E-state index in [0.717, 1.165) is 5.56 Å². The van der Waals surface area contributed by atoms with Crippen LogP contribution in [0.25, 0.3) is 11.1 Å². The van der Waals surface area contributed by atoms with Gasteiger partial charge in [0.25, 0.3) is 15.9 Å². The third kappa shape index (κ3) is 7.70. The molecule has 0 fully saturated rings. The normalized spacial score (nSPS) is 17.4. The molecule has 1 aliphatic heterocycles. The number of benzene rings is 4. The van der Waals surface area contributed by atoms with Crippen molar-refractivity contribution in [2.75, 3.05) is 38.6 Å². The zero-order chi connectivity index (χ0) is 32.8. The third-order valence-corrected chi connectivity index (χ3v) is 9.69. The van der Waals surface area contributed by atoms with Crippen LogP contribution in [0.15, 0.2) is 102 Å². The van der Waals surface area contributed by atoms with Crippen LogP contribution in [0.5, 0.6) is 11.5 Å². The molecule has 0 saturated heterocycles. The summed E-state index contributed by atoms with van der Waals surface area (Å²) in [6, 6.07) is 29.1. The quantitative estimate of drug-likeness (QED) is 0.222.